The number of nitrogen functional groups attached to an aromatic ring is 1. The van der Waals surface area contributed by atoms with Crippen LogP contribution in [0.5, 0.6) is 5.75 Å². The second-order valence-corrected chi connectivity index (χ2v) is 3.93. The molecule has 0 aliphatic carbocycles. The minimum atomic E-state index is -0.568. The number of amides is 1. The lowest BCUT2D eigenvalue weighted by Gasteiger charge is -2.15. The fraction of sp³-hybridized carbons (Fsp3) is 0.231. The zero-order chi connectivity index (χ0) is 13.1. The highest BCUT2D eigenvalue weighted by Crippen LogP contribution is 2.28. The summed E-state index contributed by atoms with van der Waals surface area (Å²) in [5.74, 6) is 0.423. The number of nitrogens with zero attached hydrogens (tertiary/aromatic N) is 1. The number of hydrogen-bond donors (Lipinski definition) is 2. The van der Waals surface area contributed by atoms with Crippen LogP contribution in [0, 0.1) is 0 Å². The SMILES string of the molecule is CNC(=O)C(C)Oc1ccc(N)c2ncccc12. The van der Waals surface area contributed by atoms with Gasteiger partial charge in [-0.25, -0.2) is 0 Å². The molecular weight excluding hydrogens is 230 g/mol. The first-order valence-electron chi connectivity index (χ1n) is 5.65. The molecule has 0 saturated heterocycles. The normalized spacial score (nSPS) is 12.1. The van der Waals surface area contributed by atoms with Crippen molar-refractivity contribution in [2.45, 2.75) is 13.0 Å². The van der Waals surface area contributed by atoms with E-state index in [1.165, 1.54) is 0 Å². The van der Waals surface area contributed by atoms with E-state index in [0.717, 1.165) is 5.39 Å². The number of aromatic nitrogens is 1. The predicted octanol–water partition coefficient (Wildman–Crippen LogP) is 1.33. The average molecular weight is 245 g/mol. The molecule has 0 fully saturated rings. The lowest BCUT2D eigenvalue weighted by Crippen LogP contribution is -2.33. The Morgan fingerprint density at radius 3 is 2.94 bits per heavy atom. The highest BCUT2D eigenvalue weighted by molar-refractivity contribution is 5.94. The number of fused-ring (bicyclic) bond motifs is 1. The van der Waals surface area contributed by atoms with Gasteiger partial charge in [-0.05, 0) is 31.2 Å². The van der Waals surface area contributed by atoms with Crippen LogP contribution in [0.25, 0.3) is 10.9 Å². The monoisotopic (exact) mass is 245 g/mol. The number of benzene rings is 1. The second kappa shape index (κ2) is 4.91. The van der Waals surface area contributed by atoms with Gasteiger partial charge >= 0.3 is 0 Å². The van der Waals surface area contributed by atoms with Crippen molar-refractivity contribution < 1.29 is 9.53 Å². The number of hydrogen-bond acceptors (Lipinski definition) is 4. The molecule has 0 aliphatic heterocycles. The first-order valence-corrected chi connectivity index (χ1v) is 5.65. The number of carbonyl (C=O) groups is 1. The smallest absolute Gasteiger partial charge is 0.260 e. The average Bonchev–Trinajstić information content (AvgIpc) is 2.41. The summed E-state index contributed by atoms with van der Waals surface area (Å²) in [4.78, 5) is 15.7. The number of rotatable bonds is 3. The molecule has 1 atom stereocenters. The highest BCUT2D eigenvalue weighted by Gasteiger charge is 2.14. The van der Waals surface area contributed by atoms with E-state index in [1.807, 2.05) is 6.07 Å². The summed E-state index contributed by atoms with van der Waals surface area (Å²) in [5, 5.41) is 3.34. The first kappa shape index (κ1) is 12.2. The van der Waals surface area contributed by atoms with E-state index < -0.39 is 6.10 Å². The van der Waals surface area contributed by atoms with E-state index in [-0.39, 0.29) is 5.91 Å². The maximum Gasteiger partial charge on any atom is 0.260 e. The molecule has 2 rings (SSSR count). The van der Waals surface area contributed by atoms with Crippen LogP contribution in [0.2, 0.25) is 0 Å². The van der Waals surface area contributed by atoms with E-state index in [4.69, 9.17) is 10.5 Å². The van der Waals surface area contributed by atoms with Gasteiger partial charge in [0.25, 0.3) is 5.91 Å². The summed E-state index contributed by atoms with van der Waals surface area (Å²) in [6.07, 6.45) is 1.10. The summed E-state index contributed by atoms with van der Waals surface area (Å²) >= 11 is 0. The maximum atomic E-state index is 11.4. The Bertz CT molecular complexity index is 583. The summed E-state index contributed by atoms with van der Waals surface area (Å²) in [5.41, 5.74) is 7.11. The Labute approximate surface area is 105 Å². The van der Waals surface area contributed by atoms with Crippen LogP contribution in [-0.2, 0) is 4.79 Å². The van der Waals surface area contributed by atoms with Gasteiger partial charge in [0, 0.05) is 18.6 Å². The van der Waals surface area contributed by atoms with E-state index in [1.54, 1.807) is 38.4 Å². The summed E-state index contributed by atoms with van der Waals surface area (Å²) in [7, 11) is 1.57. The molecule has 94 valence electrons. The van der Waals surface area contributed by atoms with Crippen molar-refractivity contribution in [3.05, 3.63) is 30.5 Å². The van der Waals surface area contributed by atoms with Crippen LogP contribution in [0.3, 0.4) is 0 Å². The van der Waals surface area contributed by atoms with Crippen molar-refractivity contribution in [1.29, 1.82) is 0 Å². The zero-order valence-electron chi connectivity index (χ0n) is 10.3. The first-order chi connectivity index (χ1) is 8.63. The molecule has 3 N–H and O–H groups in total. The number of likely N-dealkylation sites (N-methyl/N-ethyl adjacent to an activating group) is 1. The fourth-order valence-electron chi connectivity index (χ4n) is 1.72. The molecule has 1 aromatic carbocycles. The lowest BCUT2D eigenvalue weighted by molar-refractivity contribution is -0.126. The van der Waals surface area contributed by atoms with Crippen LogP contribution in [0.15, 0.2) is 30.5 Å². The predicted molar refractivity (Wildman–Crippen MR) is 70.3 cm³/mol. The largest absolute Gasteiger partial charge is 0.480 e. The summed E-state index contributed by atoms with van der Waals surface area (Å²) < 4.78 is 5.63. The summed E-state index contributed by atoms with van der Waals surface area (Å²) in [6, 6.07) is 7.14. The Balaban J connectivity index is 2.40. The van der Waals surface area contributed by atoms with E-state index in [9.17, 15) is 4.79 Å². The van der Waals surface area contributed by atoms with Crippen LogP contribution in [-0.4, -0.2) is 24.0 Å². The molecule has 1 heterocycles. The number of carbonyl (C=O) groups excluding carboxylic acids is 1. The number of nitrogens with one attached hydrogen (secondary N) is 1. The molecule has 0 spiro atoms. The topological polar surface area (TPSA) is 77.2 Å². The van der Waals surface area contributed by atoms with Crippen molar-refractivity contribution in [1.82, 2.24) is 10.3 Å². The van der Waals surface area contributed by atoms with Gasteiger partial charge in [-0.15, -0.1) is 0 Å². The number of nitrogens with two attached hydrogens (primary N) is 1. The lowest BCUT2D eigenvalue weighted by atomic mass is 10.1. The third-order valence-electron chi connectivity index (χ3n) is 2.68. The van der Waals surface area contributed by atoms with Gasteiger partial charge in [-0.2, -0.15) is 0 Å². The molecule has 1 unspecified atom stereocenters. The number of ether oxygens (including phenoxy) is 1. The molecule has 18 heavy (non-hydrogen) atoms. The van der Waals surface area contributed by atoms with Crippen molar-refractivity contribution >= 4 is 22.5 Å². The Morgan fingerprint density at radius 1 is 1.44 bits per heavy atom. The maximum absolute atomic E-state index is 11.4. The van der Waals surface area contributed by atoms with Crippen LogP contribution >= 0.6 is 0 Å². The van der Waals surface area contributed by atoms with Gasteiger partial charge in [0.1, 0.15) is 5.75 Å². The van der Waals surface area contributed by atoms with Crippen LogP contribution in [0.1, 0.15) is 6.92 Å². The van der Waals surface area contributed by atoms with Crippen LogP contribution < -0.4 is 15.8 Å². The molecule has 5 heteroatoms. The van der Waals surface area contributed by atoms with Gasteiger partial charge in [-0.1, -0.05) is 0 Å². The minimum absolute atomic E-state index is 0.177. The molecule has 2 aromatic rings. The minimum Gasteiger partial charge on any atom is -0.480 e. The Kier molecular flexibility index (Phi) is 3.32. The van der Waals surface area contributed by atoms with Crippen molar-refractivity contribution in [2.24, 2.45) is 0 Å². The third kappa shape index (κ3) is 2.20. The quantitative estimate of drug-likeness (QED) is 0.800. The molecule has 0 bridgehead atoms. The molecule has 1 aromatic heterocycles. The van der Waals surface area contributed by atoms with Gasteiger partial charge in [0.15, 0.2) is 6.10 Å². The Morgan fingerprint density at radius 2 is 2.22 bits per heavy atom. The van der Waals surface area contributed by atoms with Gasteiger partial charge < -0.3 is 15.8 Å². The summed E-state index contributed by atoms with van der Waals surface area (Å²) in [6.45, 7) is 1.69. The van der Waals surface area contributed by atoms with Crippen molar-refractivity contribution in [2.75, 3.05) is 12.8 Å². The molecular formula is C13H15N3O2. The van der Waals surface area contributed by atoms with E-state index in [2.05, 4.69) is 10.3 Å². The molecule has 0 saturated carbocycles. The molecule has 0 aliphatic rings. The second-order valence-electron chi connectivity index (χ2n) is 3.93. The van der Waals surface area contributed by atoms with Crippen molar-refractivity contribution in [3.8, 4) is 5.75 Å². The molecule has 5 nitrogen and oxygen atoms in total. The highest BCUT2D eigenvalue weighted by atomic mass is 16.5. The van der Waals surface area contributed by atoms with Crippen molar-refractivity contribution in [3.63, 3.8) is 0 Å². The van der Waals surface area contributed by atoms with Gasteiger partial charge in [0.2, 0.25) is 0 Å². The van der Waals surface area contributed by atoms with E-state index in [0.29, 0.717) is 17.0 Å². The molecule has 1 amide bonds. The van der Waals surface area contributed by atoms with Crippen LogP contribution in [0.4, 0.5) is 5.69 Å². The third-order valence-corrected chi connectivity index (χ3v) is 2.68. The zero-order valence-corrected chi connectivity index (χ0v) is 10.3. The standard InChI is InChI=1S/C13H15N3O2/c1-8(13(17)15-2)18-11-6-5-10(14)12-9(11)4-3-7-16-12/h3-8H,14H2,1-2H3,(H,15,17). The van der Waals surface area contributed by atoms with E-state index >= 15 is 0 Å². The van der Waals surface area contributed by atoms with Gasteiger partial charge in [-0.3, -0.25) is 9.78 Å². The number of pyridine rings is 1. The number of anilines is 1. The fourth-order valence-corrected chi connectivity index (χ4v) is 1.72. The van der Waals surface area contributed by atoms with Gasteiger partial charge in [0.05, 0.1) is 11.2 Å². The Hall–Kier alpha value is -2.30. The molecule has 0 radical (unpaired) electrons.